The van der Waals surface area contributed by atoms with Crippen LogP contribution < -0.4 is 0 Å². The highest BCUT2D eigenvalue weighted by Gasteiger charge is 2.16. The molecule has 0 aliphatic rings. The zero-order valence-electron chi connectivity index (χ0n) is 25.7. The first-order chi connectivity index (χ1) is 23.3. The molecule has 0 amide bonds. The Hall–Kier alpha value is -6.18. The number of nitrogens with zero attached hydrogens (tertiary/aromatic N) is 1. The van der Waals surface area contributed by atoms with Gasteiger partial charge >= 0.3 is 0 Å². The molecule has 10 rings (SSSR count). The summed E-state index contributed by atoms with van der Waals surface area (Å²) in [6.07, 6.45) is 0. The van der Waals surface area contributed by atoms with Gasteiger partial charge in [-0.2, -0.15) is 0 Å². The van der Waals surface area contributed by atoms with Gasteiger partial charge in [-0.05, 0) is 96.4 Å². The molecule has 0 aliphatic heterocycles. The molecule has 0 bridgehead atoms. The van der Waals surface area contributed by atoms with Crippen molar-refractivity contribution in [3.05, 3.63) is 176 Å². The van der Waals surface area contributed by atoms with E-state index in [2.05, 4.69) is 180 Å². The van der Waals surface area contributed by atoms with E-state index in [1.165, 1.54) is 92.8 Å². The average molecular weight is 596 g/mol. The Kier molecular flexibility index (Phi) is 5.64. The SMILES string of the molecule is c1ccc2c(-c3ccc4ccc(-c5ccc6ccc7c(c6c5)c5ccccc5n7-c5cccc6ccccc56)cc4c3)cccc2c1. The minimum absolute atomic E-state index is 1.21. The molecule has 9 aromatic carbocycles. The van der Waals surface area contributed by atoms with Gasteiger partial charge < -0.3 is 4.57 Å². The second-order valence-electron chi connectivity index (χ2n) is 12.5. The third-order valence-electron chi connectivity index (χ3n) is 9.94. The summed E-state index contributed by atoms with van der Waals surface area (Å²) in [5.74, 6) is 0. The fourth-order valence-electron chi connectivity index (χ4n) is 7.70. The summed E-state index contributed by atoms with van der Waals surface area (Å²) in [6, 6.07) is 64.6. The van der Waals surface area contributed by atoms with Crippen molar-refractivity contribution in [2.24, 2.45) is 0 Å². The number of aromatic nitrogens is 1. The Labute approximate surface area is 272 Å². The smallest absolute Gasteiger partial charge is 0.0547 e. The molecular weight excluding hydrogens is 567 g/mol. The van der Waals surface area contributed by atoms with E-state index < -0.39 is 0 Å². The summed E-state index contributed by atoms with van der Waals surface area (Å²) in [5, 5.41) is 12.7. The van der Waals surface area contributed by atoms with Crippen molar-refractivity contribution in [1.29, 1.82) is 0 Å². The van der Waals surface area contributed by atoms with Gasteiger partial charge in [0.05, 0.1) is 16.7 Å². The summed E-state index contributed by atoms with van der Waals surface area (Å²) < 4.78 is 2.45. The number of benzene rings is 9. The van der Waals surface area contributed by atoms with Crippen molar-refractivity contribution in [3.8, 4) is 27.9 Å². The molecule has 1 aromatic heterocycles. The van der Waals surface area contributed by atoms with E-state index in [0.29, 0.717) is 0 Å². The predicted molar refractivity (Wildman–Crippen MR) is 202 cm³/mol. The van der Waals surface area contributed by atoms with Gasteiger partial charge in [0.15, 0.2) is 0 Å². The minimum Gasteiger partial charge on any atom is -0.309 e. The molecule has 0 saturated carbocycles. The molecule has 0 spiro atoms. The monoisotopic (exact) mass is 595 g/mol. The van der Waals surface area contributed by atoms with Crippen LogP contribution in [0.3, 0.4) is 0 Å². The third kappa shape index (κ3) is 4.03. The number of fused-ring (bicyclic) bond motifs is 8. The molecule has 218 valence electrons. The number of para-hydroxylation sites is 1. The van der Waals surface area contributed by atoms with Crippen LogP contribution in [0.5, 0.6) is 0 Å². The van der Waals surface area contributed by atoms with Crippen LogP contribution >= 0.6 is 0 Å². The first kappa shape index (κ1) is 26.1. The molecule has 0 saturated heterocycles. The summed E-state index contributed by atoms with van der Waals surface area (Å²) in [4.78, 5) is 0. The van der Waals surface area contributed by atoms with Crippen molar-refractivity contribution in [2.75, 3.05) is 0 Å². The van der Waals surface area contributed by atoms with E-state index in [-0.39, 0.29) is 0 Å². The van der Waals surface area contributed by atoms with Gasteiger partial charge in [0.1, 0.15) is 0 Å². The first-order valence-electron chi connectivity index (χ1n) is 16.3. The fraction of sp³-hybridized carbons (Fsp3) is 0. The van der Waals surface area contributed by atoms with Crippen LogP contribution in [0, 0.1) is 0 Å². The highest BCUT2D eigenvalue weighted by atomic mass is 15.0. The van der Waals surface area contributed by atoms with Crippen LogP contribution in [0.25, 0.3) is 92.8 Å². The normalized spacial score (nSPS) is 11.8. The largest absolute Gasteiger partial charge is 0.309 e. The first-order valence-corrected chi connectivity index (χ1v) is 16.3. The number of hydrogen-bond acceptors (Lipinski definition) is 0. The summed E-state index contributed by atoms with van der Waals surface area (Å²) in [5.41, 5.74) is 8.63. The van der Waals surface area contributed by atoms with Crippen LogP contribution in [-0.4, -0.2) is 4.57 Å². The lowest BCUT2D eigenvalue weighted by Gasteiger charge is -2.12. The maximum absolute atomic E-state index is 2.45. The van der Waals surface area contributed by atoms with Crippen molar-refractivity contribution in [3.63, 3.8) is 0 Å². The molecule has 0 fully saturated rings. The summed E-state index contributed by atoms with van der Waals surface area (Å²) >= 11 is 0. The van der Waals surface area contributed by atoms with Crippen LogP contribution in [0.1, 0.15) is 0 Å². The number of rotatable bonds is 3. The van der Waals surface area contributed by atoms with Crippen LogP contribution in [0.2, 0.25) is 0 Å². The molecule has 1 heteroatoms. The lowest BCUT2D eigenvalue weighted by atomic mass is 9.94. The second kappa shape index (κ2) is 10.2. The topological polar surface area (TPSA) is 4.93 Å². The van der Waals surface area contributed by atoms with Gasteiger partial charge in [-0.25, -0.2) is 0 Å². The van der Waals surface area contributed by atoms with E-state index in [4.69, 9.17) is 0 Å². The Morgan fingerprint density at radius 3 is 1.72 bits per heavy atom. The average Bonchev–Trinajstić information content (AvgIpc) is 3.48. The second-order valence-corrected chi connectivity index (χ2v) is 12.5. The summed E-state index contributed by atoms with van der Waals surface area (Å²) in [6.45, 7) is 0. The molecule has 0 radical (unpaired) electrons. The fourth-order valence-corrected chi connectivity index (χ4v) is 7.70. The molecular formula is C46H29N. The molecule has 0 aliphatic carbocycles. The van der Waals surface area contributed by atoms with Gasteiger partial charge in [0.2, 0.25) is 0 Å². The molecule has 1 heterocycles. The molecule has 0 unspecified atom stereocenters. The maximum atomic E-state index is 2.45. The quantitative estimate of drug-likeness (QED) is 0.191. The van der Waals surface area contributed by atoms with E-state index >= 15 is 0 Å². The lowest BCUT2D eigenvalue weighted by molar-refractivity contribution is 1.20. The van der Waals surface area contributed by atoms with Gasteiger partial charge in [-0.15, -0.1) is 0 Å². The van der Waals surface area contributed by atoms with E-state index in [1.54, 1.807) is 0 Å². The zero-order chi connectivity index (χ0) is 30.9. The van der Waals surface area contributed by atoms with Gasteiger partial charge in [0, 0.05) is 16.2 Å². The van der Waals surface area contributed by atoms with Crippen LogP contribution in [0.4, 0.5) is 0 Å². The van der Waals surface area contributed by atoms with Crippen molar-refractivity contribution in [1.82, 2.24) is 4.57 Å². The molecule has 47 heavy (non-hydrogen) atoms. The summed E-state index contributed by atoms with van der Waals surface area (Å²) in [7, 11) is 0. The molecule has 1 nitrogen and oxygen atoms in total. The molecule has 0 N–H and O–H groups in total. The van der Waals surface area contributed by atoms with Crippen molar-refractivity contribution < 1.29 is 0 Å². The van der Waals surface area contributed by atoms with E-state index in [0.717, 1.165) is 0 Å². The Balaban J connectivity index is 1.17. The zero-order valence-corrected chi connectivity index (χ0v) is 25.7. The van der Waals surface area contributed by atoms with E-state index in [9.17, 15) is 0 Å². The number of hydrogen-bond donors (Lipinski definition) is 0. The van der Waals surface area contributed by atoms with Crippen molar-refractivity contribution >= 4 is 64.9 Å². The van der Waals surface area contributed by atoms with Gasteiger partial charge in [-0.3, -0.25) is 0 Å². The molecule has 0 atom stereocenters. The highest BCUT2D eigenvalue weighted by Crippen LogP contribution is 2.40. The Morgan fingerprint density at radius 1 is 0.298 bits per heavy atom. The van der Waals surface area contributed by atoms with Crippen molar-refractivity contribution in [2.45, 2.75) is 0 Å². The van der Waals surface area contributed by atoms with Gasteiger partial charge in [-0.1, -0.05) is 140 Å². The predicted octanol–water partition coefficient (Wildman–Crippen LogP) is 12.7. The van der Waals surface area contributed by atoms with Crippen LogP contribution in [0.15, 0.2) is 176 Å². The standard InChI is InChI=1S/C46H29N/c1-3-13-38-31(9-1)11-7-16-39(38)36-24-20-30-19-22-34(27-37(30)28-36)35-23-21-33-25-26-45-46(42(33)29-35)41-15-5-6-17-44(41)47(45)43-18-8-12-32-10-2-4-14-40(32)43/h1-29H. The lowest BCUT2D eigenvalue weighted by Crippen LogP contribution is -1.95. The Bertz CT molecular complexity index is 2840. The highest BCUT2D eigenvalue weighted by molar-refractivity contribution is 6.22. The Morgan fingerprint density at radius 2 is 0.872 bits per heavy atom. The molecule has 10 aromatic rings. The minimum atomic E-state index is 1.21. The maximum Gasteiger partial charge on any atom is 0.0547 e. The van der Waals surface area contributed by atoms with E-state index in [1.807, 2.05) is 0 Å². The van der Waals surface area contributed by atoms with Gasteiger partial charge in [0.25, 0.3) is 0 Å². The van der Waals surface area contributed by atoms with Crippen LogP contribution in [-0.2, 0) is 0 Å². The third-order valence-corrected chi connectivity index (χ3v) is 9.94.